The zero-order valence-corrected chi connectivity index (χ0v) is 14.6. The first kappa shape index (κ1) is 16.4. The van der Waals surface area contributed by atoms with Gasteiger partial charge in [0, 0.05) is 23.2 Å². The Morgan fingerprint density at radius 2 is 2.00 bits per heavy atom. The van der Waals surface area contributed by atoms with Gasteiger partial charge in [0.25, 0.3) is 5.91 Å². The Hall–Kier alpha value is -2.47. The minimum absolute atomic E-state index is 0.136. The Balaban J connectivity index is 1.75. The quantitative estimate of drug-likeness (QED) is 0.740. The van der Waals surface area contributed by atoms with Gasteiger partial charge in [0.2, 0.25) is 6.79 Å². The Morgan fingerprint density at radius 3 is 2.79 bits per heavy atom. The predicted octanol–water partition coefficient (Wildman–Crippen LogP) is 3.71. The van der Waals surface area contributed by atoms with Gasteiger partial charge in [0.1, 0.15) is 0 Å². The SMILES string of the molecule is C=CCNC(=O)c1ccccc1NCc1cc2c(cc1Br)OCO2. The van der Waals surface area contributed by atoms with Gasteiger partial charge < -0.3 is 20.1 Å². The van der Waals surface area contributed by atoms with Gasteiger partial charge in [-0.1, -0.05) is 34.1 Å². The van der Waals surface area contributed by atoms with Crippen molar-refractivity contribution in [3.8, 4) is 11.5 Å². The van der Waals surface area contributed by atoms with E-state index < -0.39 is 0 Å². The summed E-state index contributed by atoms with van der Waals surface area (Å²) >= 11 is 3.54. The third-order valence-corrected chi connectivity index (χ3v) is 4.33. The maximum Gasteiger partial charge on any atom is 0.253 e. The van der Waals surface area contributed by atoms with E-state index in [0.29, 0.717) is 18.7 Å². The Labute approximate surface area is 148 Å². The number of para-hydroxylation sites is 1. The van der Waals surface area contributed by atoms with Crippen LogP contribution < -0.4 is 20.1 Å². The van der Waals surface area contributed by atoms with Gasteiger partial charge in [-0.15, -0.1) is 6.58 Å². The molecular weight excluding hydrogens is 372 g/mol. The molecule has 0 fully saturated rings. The standard InChI is InChI=1S/C18H17BrN2O3/c1-2-7-20-18(22)13-5-3-4-6-15(13)21-10-12-8-16-17(9-14(12)19)24-11-23-16/h2-6,8-9,21H,1,7,10-11H2,(H,20,22). The summed E-state index contributed by atoms with van der Waals surface area (Å²) in [6.45, 7) is 4.82. The van der Waals surface area contributed by atoms with Crippen molar-refractivity contribution in [1.82, 2.24) is 5.32 Å². The number of carbonyl (C=O) groups is 1. The molecule has 1 amide bonds. The lowest BCUT2D eigenvalue weighted by molar-refractivity contribution is 0.0959. The molecule has 1 aliphatic rings. The van der Waals surface area contributed by atoms with Crippen LogP contribution in [0.2, 0.25) is 0 Å². The summed E-state index contributed by atoms with van der Waals surface area (Å²) < 4.78 is 11.7. The highest BCUT2D eigenvalue weighted by Crippen LogP contribution is 2.37. The highest BCUT2D eigenvalue weighted by molar-refractivity contribution is 9.10. The van der Waals surface area contributed by atoms with Gasteiger partial charge in [-0.2, -0.15) is 0 Å². The smallest absolute Gasteiger partial charge is 0.253 e. The van der Waals surface area contributed by atoms with E-state index in [1.807, 2.05) is 30.3 Å². The normalized spacial score (nSPS) is 11.9. The molecule has 3 rings (SSSR count). The molecule has 0 radical (unpaired) electrons. The van der Waals surface area contributed by atoms with E-state index in [0.717, 1.165) is 27.2 Å². The maximum atomic E-state index is 12.2. The molecule has 0 unspecified atom stereocenters. The molecule has 124 valence electrons. The predicted molar refractivity (Wildman–Crippen MR) is 96.6 cm³/mol. The van der Waals surface area contributed by atoms with E-state index in [-0.39, 0.29) is 12.7 Å². The average molecular weight is 389 g/mol. The van der Waals surface area contributed by atoms with Gasteiger partial charge in [-0.05, 0) is 29.8 Å². The topological polar surface area (TPSA) is 59.6 Å². The number of nitrogens with one attached hydrogen (secondary N) is 2. The third kappa shape index (κ3) is 3.54. The Morgan fingerprint density at radius 1 is 1.25 bits per heavy atom. The van der Waals surface area contributed by atoms with E-state index in [2.05, 4.69) is 33.1 Å². The average Bonchev–Trinajstić information content (AvgIpc) is 3.05. The van der Waals surface area contributed by atoms with Crippen LogP contribution in [0.4, 0.5) is 5.69 Å². The maximum absolute atomic E-state index is 12.2. The molecule has 1 heterocycles. The first-order valence-electron chi connectivity index (χ1n) is 7.49. The number of fused-ring (bicyclic) bond motifs is 1. The van der Waals surface area contributed by atoms with Crippen LogP contribution in [0, 0.1) is 0 Å². The third-order valence-electron chi connectivity index (χ3n) is 3.59. The lowest BCUT2D eigenvalue weighted by atomic mass is 10.1. The lowest BCUT2D eigenvalue weighted by Crippen LogP contribution is -2.24. The second kappa shape index (κ2) is 7.40. The molecule has 24 heavy (non-hydrogen) atoms. The zero-order chi connectivity index (χ0) is 16.9. The van der Waals surface area contributed by atoms with Crippen molar-refractivity contribution < 1.29 is 14.3 Å². The first-order chi connectivity index (χ1) is 11.7. The van der Waals surface area contributed by atoms with Gasteiger partial charge >= 0.3 is 0 Å². The monoisotopic (exact) mass is 388 g/mol. The molecule has 2 aromatic rings. The lowest BCUT2D eigenvalue weighted by Gasteiger charge is -2.13. The Kier molecular flexibility index (Phi) is 5.05. The molecule has 2 N–H and O–H groups in total. The van der Waals surface area contributed by atoms with Crippen LogP contribution in [0.1, 0.15) is 15.9 Å². The number of hydrogen-bond acceptors (Lipinski definition) is 4. The van der Waals surface area contributed by atoms with Crippen LogP contribution >= 0.6 is 15.9 Å². The summed E-state index contributed by atoms with van der Waals surface area (Å²) in [5, 5.41) is 6.10. The largest absolute Gasteiger partial charge is 0.454 e. The molecule has 0 bridgehead atoms. The Bertz CT molecular complexity index is 777. The number of carbonyl (C=O) groups excluding carboxylic acids is 1. The fourth-order valence-electron chi connectivity index (χ4n) is 2.38. The van der Waals surface area contributed by atoms with Crippen LogP contribution in [0.25, 0.3) is 0 Å². The van der Waals surface area contributed by atoms with Gasteiger partial charge in [0.15, 0.2) is 11.5 Å². The molecular formula is C18H17BrN2O3. The van der Waals surface area contributed by atoms with Crippen LogP contribution in [0.15, 0.2) is 53.5 Å². The number of ether oxygens (including phenoxy) is 2. The molecule has 0 atom stereocenters. The summed E-state index contributed by atoms with van der Waals surface area (Å²) in [6, 6.07) is 11.2. The number of anilines is 1. The van der Waals surface area contributed by atoms with Crippen LogP contribution in [0.3, 0.4) is 0 Å². The van der Waals surface area contributed by atoms with E-state index in [9.17, 15) is 4.79 Å². The second-order valence-corrected chi connectivity index (χ2v) is 6.05. The van der Waals surface area contributed by atoms with E-state index in [1.54, 1.807) is 12.1 Å². The van der Waals surface area contributed by atoms with E-state index in [1.165, 1.54) is 0 Å². The number of rotatable bonds is 6. The molecule has 0 spiro atoms. The van der Waals surface area contributed by atoms with Crippen molar-refractivity contribution in [2.24, 2.45) is 0 Å². The number of benzene rings is 2. The summed E-state index contributed by atoms with van der Waals surface area (Å²) in [6.07, 6.45) is 1.65. The summed E-state index contributed by atoms with van der Waals surface area (Å²) in [5.74, 6) is 1.32. The number of halogens is 1. The highest BCUT2D eigenvalue weighted by Gasteiger charge is 2.17. The van der Waals surface area contributed by atoms with Crippen LogP contribution in [0.5, 0.6) is 11.5 Å². The highest BCUT2D eigenvalue weighted by atomic mass is 79.9. The van der Waals surface area contributed by atoms with Gasteiger partial charge in [0.05, 0.1) is 5.56 Å². The molecule has 6 heteroatoms. The molecule has 2 aromatic carbocycles. The van der Waals surface area contributed by atoms with Crippen molar-refractivity contribution >= 4 is 27.5 Å². The number of amides is 1. The fraction of sp³-hybridized carbons (Fsp3) is 0.167. The molecule has 0 aromatic heterocycles. The fourth-order valence-corrected chi connectivity index (χ4v) is 2.84. The van der Waals surface area contributed by atoms with Crippen molar-refractivity contribution in [2.45, 2.75) is 6.54 Å². The molecule has 0 saturated heterocycles. The van der Waals surface area contributed by atoms with Crippen molar-refractivity contribution in [1.29, 1.82) is 0 Å². The van der Waals surface area contributed by atoms with Crippen LogP contribution in [-0.4, -0.2) is 19.2 Å². The minimum atomic E-state index is -0.136. The number of hydrogen-bond donors (Lipinski definition) is 2. The van der Waals surface area contributed by atoms with E-state index in [4.69, 9.17) is 9.47 Å². The summed E-state index contributed by atoms with van der Waals surface area (Å²) in [7, 11) is 0. The molecule has 0 aliphatic carbocycles. The summed E-state index contributed by atoms with van der Waals surface area (Å²) in [4.78, 5) is 12.2. The van der Waals surface area contributed by atoms with Crippen molar-refractivity contribution in [3.63, 3.8) is 0 Å². The zero-order valence-electron chi connectivity index (χ0n) is 13.0. The summed E-state index contributed by atoms with van der Waals surface area (Å²) in [5.41, 5.74) is 2.38. The molecule has 0 saturated carbocycles. The second-order valence-electron chi connectivity index (χ2n) is 5.19. The van der Waals surface area contributed by atoms with Crippen LogP contribution in [-0.2, 0) is 6.54 Å². The first-order valence-corrected chi connectivity index (χ1v) is 8.28. The molecule has 5 nitrogen and oxygen atoms in total. The minimum Gasteiger partial charge on any atom is -0.454 e. The van der Waals surface area contributed by atoms with E-state index >= 15 is 0 Å². The van der Waals surface area contributed by atoms with Crippen molar-refractivity contribution in [2.75, 3.05) is 18.7 Å². The molecule has 1 aliphatic heterocycles. The van der Waals surface area contributed by atoms with Gasteiger partial charge in [-0.25, -0.2) is 0 Å². The van der Waals surface area contributed by atoms with Crippen molar-refractivity contribution in [3.05, 3.63) is 64.7 Å². The van der Waals surface area contributed by atoms with Gasteiger partial charge in [-0.3, -0.25) is 4.79 Å².